The Morgan fingerprint density at radius 1 is 1.38 bits per heavy atom. The van der Waals surface area contributed by atoms with Gasteiger partial charge in [-0.3, -0.25) is 23.8 Å². The number of ether oxygens (including phenoxy) is 1. The van der Waals surface area contributed by atoms with E-state index < -0.39 is 42.2 Å². The van der Waals surface area contributed by atoms with E-state index in [9.17, 15) is 28.7 Å². The van der Waals surface area contributed by atoms with Crippen LogP contribution in [0.4, 0.5) is 5.69 Å². The molecule has 0 aromatic heterocycles. The highest BCUT2D eigenvalue weighted by Crippen LogP contribution is 2.55. The zero-order chi connectivity index (χ0) is 21.3. The van der Waals surface area contributed by atoms with E-state index in [-0.39, 0.29) is 24.4 Å². The number of anilines is 1. The molecule has 29 heavy (non-hydrogen) atoms. The molecule has 1 aromatic rings. The number of amides is 2. The standard InChI is InChI=1S/C17H20N3O7PS/c1-9(21)27-7-11-8-29-17-14(15(23)20(17)16(11)28(24,25)26)19-13(22)6-10-4-2-3-5-12(10)18/h2-5,14,17H,6-8,18H2,1H3,(H,19,22)(H2,24,25,26)/t14-,17-/m1/s1. The van der Waals surface area contributed by atoms with Crippen LogP contribution in [0.25, 0.3) is 0 Å². The number of rotatable bonds is 6. The lowest BCUT2D eigenvalue weighted by Gasteiger charge is -2.50. The molecule has 0 spiro atoms. The van der Waals surface area contributed by atoms with E-state index in [1.54, 1.807) is 24.3 Å². The van der Waals surface area contributed by atoms with Gasteiger partial charge in [0.05, 0.1) is 6.42 Å². The van der Waals surface area contributed by atoms with E-state index in [0.717, 1.165) is 4.90 Å². The predicted molar refractivity (Wildman–Crippen MR) is 105 cm³/mol. The molecule has 2 amide bonds. The van der Waals surface area contributed by atoms with Crippen molar-refractivity contribution in [3.8, 4) is 0 Å². The molecule has 0 aliphatic carbocycles. The van der Waals surface area contributed by atoms with Crippen molar-refractivity contribution in [3.63, 3.8) is 0 Å². The number of benzene rings is 1. The average Bonchev–Trinajstić information content (AvgIpc) is 2.64. The number of β-lactam (4-membered cyclic amide) rings is 1. The number of nitrogens with one attached hydrogen (secondary N) is 1. The fourth-order valence-corrected chi connectivity index (χ4v) is 5.72. The molecule has 0 unspecified atom stereocenters. The van der Waals surface area contributed by atoms with Crippen molar-refractivity contribution in [1.82, 2.24) is 10.2 Å². The lowest BCUT2D eigenvalue weighted by Crippen LogP contribution is -2.70. The van der Waals surface area contributed by atoms with E-state index in [2.05, 4.69) is 5.32 Å². The molecular weight excluding hydrogens is 421 g/mol. The maximum atomic E-state index is 12.6. The predicted octanol–water partition coefficient (Wildman–Crippen LogP) is 0.164. The Balaban J connectivity index is 1.74. The Morgan fingerprint density at radius 2 is 2.07 bits per heavy atom. The molecule has 5 N–H and O–H groups in total. The third-order valence-electron chi connectivity index (χ3n) is 4.46. The first-order valence-electron chi connectivity index (χ1n) is 8.58. The number of hydrogen-bond acceptors (Lipinski definition) is 7. The van der Waals surface area contributed by atoms with Crippen molar-refractivity contribution < 1.29 is 33.5 Å². The minimum absolute atomic E-state index is 0.0211. The molecule has 1 fully saturated rings. The minimum atomic E-state index is -4.81. The summed E-state index contributed by atoms with van der Waals surface area (Å²) in [6.07, 6.45) is -0.0211. The van der Waals surface area contributed by atoms with Crippen molar-refractivity contribution in [2.24, 2.45) is 0 Å². The number of nitrogens with two attached hydrogens (primary N) is 1. The number of nitrogens with zero attached hydrogens (tertiary/aromatic N) is 1. The van der Waals surface area contributed by atoms with Gasteiger partial charge in [0.25, 0.3) is 5.91 Å². The molecule has 2 atom stereocenters. The molecule has 1 saturated heterocycles. The molecule has 1 aromatic carbocycles. The summed E-state index contributed by atoms with van der Waals surface area (Å²) < 4.78 is 16.8. The number of fused-ring (bicyclic) bond motifs is 1. The Morgan fingerprint density at radius 3 is 2.69 bits per heavy atom. The molecule has 0 bridgehead atoms. The van der Waals surface area contributed by atoms with Gasteiger partial charge >= 0.3 is 13.6 Å². The fraction of sp³-hybridized carbons (Fsp3) is 0.353. The Labute approximate surface area is 170 Å². The molecule has 0 radical (unpaired) electrons. The monoisotopic (exact) mass is 441 g/mol. The quantitative estimate of drug-likeness (QED) is 0.209. The van der Waals surface area contributed by atoms with E-state index in [0.29, 0.717) is 11.3 Å². The molecule has 156 valence electrons. The van der Waals surface area contributed by atoms with Crippen LogP contribution in [0.1, 0.15) is 12.5 Å². The Kier molecular flexibility index (Phi) is 6.04. The summed E-state index contributed by atoms with van der Waals surface area (Å²) in [5.41, 5.74) is 6.61. The van der Waals surface area contributed by atoms with Crippen molar-refractivity contribution in [3.05, 3.63) is 40.8 Å². The van der Waals surface area contributed by atoms with Gasteiger partial charge in [0.1, 0.15) is 23.5 Å². The number of carbonyl (C=O) groups is 3. The van der Waals surface area contributed by atoms with Gasteiger partial charge in [-0.1, -0.05) is 18.2 Å². The van der Waals surface area contributed by atoms with Gasteiger partial charge in [-0.25, -0.2) is 0 Å². The number of thioether (sulfide) groups is 1. The second-order valence-corrected chi connectivity index (χ2v) is 9.20. The summed E-state index contributed by atoms with van der Waals surface area (Å²) in [7, 11) is -4.81. The van der Waals surface area contributed by atoms with E-state index >= 15 is 0 Å². The van der Waals surface area contributed by atoms with Crippen LogP contribution in [0.5, 0.6) is 0 Å². The first kappa shape index (κ1) is 21.4. The summed E-state index contributed by atoms with van der Waals surface area (Å²) in [5, 5.41) is 1.96. The average molecular weight is 441 g/mol. The van der Waals surface area contributed by atoms with Crippen LogP contribution in [0.15, 0.2) is 35.3 Å². The van der Waals surface area contributed by atoms with Crippen LogP contribution in [0, 0.1) is 0 Å². The molecule has 3 rings (SSSR count). The van der Waals surface area contributed by atoms with Crippen LogP contribution >= 0.6 is 19.4 Å². The highest BCUT2D eigenvalue weighted by atomic mass is 32.2. The molecule has 12 heteroatoms. The van der Waals surface area contributed by atoms with Crippen LogP contribution in [-0.2, 0) is 30.1 Å². The van der Waals surface area contributed by atoms with Crippen molar-refractivity contribution in [2.75, 3.05) is 18.1 Å². The summed E-state index contributed by atoms with van der Waals surface area (Å²) in [4.78, 5) is 56.4. The third kappa shape index (κ3) is 4.48. The molecule has 0 saturated carbocycles. The number of carbonyl (C=O) groups excluding carboxylic acids is 3. The number of para-hydroxylation sites is 1. The van der Waals surface area contributed by atoms with E-state index in [1.165, 1.54) is 18.7 Å². The number of esters is 1. The van der Waals surface area contributed by atoms with Gasteiger partial charge in [0.15, 0.2) is 0 Å². The van der Waals surface area contributed by atoms with Gasteiger partial charge in [-0.15, -0.1) is 11.8 Å². The molecule has 2 heterocycles. The normalized spacial score (nSPS) is 21.3. The first-order chi connectivity index (χ1) is 13.6. The first-order valence-corrected chi connectivity index (χ1v) is 11.2. The van der Waals surface area contributed by atoms with Crippen molar-refractivity contribution in [1.29, 1.82) is 0 Å². The summed E-state index contributed by atoms with van der Waals surface area (Å²) in [6.45, 7) is 0.861. The number of hydrogen-bond donors (Lipinski definition) is 4. The van der Waals surface area contributed by atoms with Crippen molar-refractivity contribution >= 4 is 42.8 Å². The molecule has 2 aliphatic rings. The Bertz CT molecular complexity index is 945. The zero-order valence-electron chi connectivity index (χ0n) is 15.4. The lowest BCUT2D eigenvalue weighted by atomic mass is 10.1. The zero-order valence-corrected chi connectivity index (χ0v) is 17.1. The maximum absolute atomic E-state index is 12.6. The minimum Gasteiger partial charge on any atom is -0.461 e. The largest absolute Gasteiger partial charge is 0.461 e. The van der Waals surface area contributed by atoms with Gasteiger partial charge in [0.2, 0.25) is 5.91 Å². The van der Waals surface area contributed by atoms with Crippen LogP contribution in [0.2, 0.25) is 0 Å². The maximum Gasteiger partial charge on any atom is 0.372 e. The van der Waals surface area contributed by atoms with E-state index in [1.807, 2.05) is 0 Å². The Hall–Kier alpha value is -2.33. The second-order valence-electron chi connectivity index (χ2n) is 6.58. The molecular formula is C17H20N3O7PS. The SMILES string of the molecule is CC(=O)OCC1=C(P(=O)(O)O)N2C(=O)[C@@H](NC(=O)Cc3ccccc3N)[C@H]2SC1. The highest BCUT2D eigenvalue weighted by molar-refractivity contribution is 8.00. The van der Waals surface area contributed by atoms with Crippen molar-refractivity contribution in [2.45, 2.75) is 24.8 Å². The lowest BCUT2D eigenvalue weighted by molar-refractivity contribution is -0.145. The number of nitrogen functional groups attached to an aromatic ring is 1. The van der Waals surface area contributed by atoms with Gasteiger partial charge < -0.3 is 25.6 Å². The summed E-state index contributed by atoms with van der Waals surface area (Å²) >= 11 is 1.23. The molecule has 10 nitrogen and oxygen atoms in total. The molecule has 2 aliphatic heterocycles. The van der Waals surface area contributed by atoms with Crippen LogP contribution in [-0.4, -0.2) is 56.2 Å². The highest BCUT2D eigenvalue weighted by Gasteiger charge is 2.56. The van der Waals surface area contributed by atoms with Gasteiger partial charge in [-0.05, 0) is 11.6 Å². The third-order valence-corrected chi connectivity index (χ3v) is 6.89. The smallest absolute Gasteiger partial charge is 0.372 e. The van der Waals surface area contributed by atoms with E-state index in [4.69, 9.17) is 10.5 Å². The topological polar surface area (TPSA) is 159 Å². The van der Waals surface area contributed by atoms with Crippen LogP contribution in [0.3, 0.4) is 0 Å². The second kappa shape index (κ2) is 8.19. The van der Waals surface area contributed by atoms with Gasteiger partial charge in [0, 0.05) is 23.9 Å². The summed E-state index contributed by atoms with van der Waals surface area (Å²) in [5.74, 6) is -1.50. The van der Waals surface area contributed by atoms with Gasteiger partial charge in [-0.2, -0.15) is 0 Å². The fourth-order valence-electron chi connectivity index (χ4n) is 3.15. The van der Waals surface area contributed by atoms with Crippen LogP contribution < -0.4 is 11.1 Å². The summed E-state index contributed by atoms with van der Waals surface area (Å²) in [6, 6.07) is 5.95.